The van der Waals surface area contributed by atoms with Crippen molar-refractivity contribution in [1.82, 2.24) is 4.90 Å². The van der Waals surface area contributed by atoms with E-state index in [0.29, 0.717) is 0 Å². The number of aliphatic imine (C=N–C) groups is 1. The Morgan fingerprint density at radius 1 is 0.857 bits per heavy atom. The number of benzene rings is 2. The molecule has 0 bridgehead atoms. The van der Waals surface area contributed by atoms with Crippen LogP contribution in [0.4, 0.5) is 0 Å². The summed E-state index contributed by atoms with van der Waals surface area (Å²) in [6.07, 6.45) is 3.61. The second-order valence-electron chi connectivity index (χ2n) is 5.65. The Morgan fingerprint density at radius 3 is 1.95 bits per heavy atom. The minimum absolute atomic E-state index is 0.1000. The second kappa shape index (κ2) is 6.57. The van der Waals surface area contributed by atoms with E-state index in [-0.39, 0.29) is 6.04 Å². The molecule has 0 atom stereocenters. The van der Waals surface area contributed by atoms with Crippen LogP contribution in [0.25, 0.3) is 0 Å². The van der Waals surface area contributed by atoms with E-state index >= 15 is 0 Å². The van der Waals surface area contributed by atoms with E-state index in [0.717, 1.165) is 13.0 Å². The van der Waals surface area contributed by atoms with Crippen molar-refractivity contribution in [3.8, 4) is 0 Å². The quantitative estimate of drug-likeness (QED) is 0.817. The number of nitrogens with zero attached hydrogens (tertiary/aromatic N) is 2. The highest BCUT2D eigenvalue weighted by molar-refractivity contribution is 5.83. The minimum atomic E-state index is 0.1000. The molecule has 1 saturated heterocycles. The second-order valence-corrected chi connectivity index (χ2v) is 5.65. The fourth-order valence-electron chi connectivity index (χ4n) is 2.88. The van der Waals surface area contributed by atoms with Crippen molar-refractivity contribution >= 4 is 5.84 Å². The van der Waals surface area contributed by atoms with Gasteiger partial charge in [0.05, 0.1) is 5.84 Å². The standard InChI is InChI=1S/C19H22N2/c1-21-15-9-8-14-18(21)20-19(16-10-4-2-5-11-16)17-12-6-3-7-13-17/h2-7,10-13,19H,8-9,14-15H2,1H3. The maximum absolute atomic E-state index is 5.10. The zero-order valence-electron chi connectivity index (χ0n) is 12.6. The summed E-state index contributed by atoms with van der Waals surface area (Å²) in [6.45, 7) is 1.12. The number of likely N-dealkylation sites (tertiary alicyclic amines) is 1. The van der Waals surface area contributed by atoms with Crippen molar-refractivity contribution in [3.05, 3.63) is 71.8 Å². The monoisotopic (exact) mass is 278 g/mol. The summed E-state index contributed by atoms with van der Waals surface area (Å²) >= 11 is 0. The lowest BCUT2D eigenvalue weighted by molar-refractivity contribution is 0.430. The molecule has 1 fully saturated rings. The van der Waals surface area contributed by atoms with Gasteiger partial charge in [-0.3, -0.25) is 4.99 Å². The largest absolute Gasteiger partial charge is 0.363 e. The Labute approximate surface area is 127 Å². The van der Waals surface area contributed by atoms with Crippen LogP contribution in [0.1, 0.15) is 36.4 Å². The van der Waals surface area contributed by atoms with E-state index in [9.17, 15) is 0 Å². The molecule has 1 aliphatic heterocycles. The Bertz CT molecular complexity index is 550. The third kappa shape index (κ3) is 3.33. The molecule has 0 N–H and O–H groups in total. The third-order valence-electron chi connectivity index (χ3n) is 4.09. The van der Waals surface area contributed by atoms with Gasteiger partial charge in [-0.05, 0) is 24.0 Å². The molecule has 2 nitrogen and oxygen atoms in total. The number of rotatable bonds is 3. The van der Waals surface area contributed by atoms with E-state index in [1.54, 1.807) is 0 Å². The summed E-state index contributed by atoms with van der Waals surface area (Å²) < 4.78 is 0. The van der Waals surface area contributed by atoms with Crippen LogP contribution in [0.3, 0.4) is 0 Å². The van der Waals surface area contributed by atoms with Gasteiger partial charge in [0.1, 0.15) is 6.04 Å². The van der Waals surface area contributed by atoms with Gasteiger partial charge in [-0.15, -0.1) is 0 Å². The van der Waals surface area contributed by atoms with Gasteiger partial charge in [0.2, 0.25) is 0 Å². The van der Waals surface area contributed by atoms with Gasteiger partial charge in [0.15, 0.2) is 0 Å². The normalized spacial score (nSPS) is 17.4. The first kappa shape index (κ1) is 13.9. The SMILES string of the molecule is CN1CCCCC1=NC(c1ccccc1)c1ccccc1. The highest BCUT2D eigenvalue weighted by Crippen LogP contribution is 2.27. The summed E-state index contributed by atoms with van der Waals surface area (Å²) in [4.78, 5) is 7.41. The van der Waals surface area contributed by atoms with Gasteiger partial charge in [-0.25, -0.2) is 0 Å². The zero-order chi connectivity index (χ0) is 14.5. The Kier molecular flexibility index (Phi) is 4.34. The van der Waals surface area contributed by atoms with E-state index in [2.05, 4.69) is 72.6 Å². The summed E-state index contributed by atoms with van der Waals surface area (Å²) in [5.74, 6) is 1.24. The average molecular weight is 278 g/mol. The molecule has 0 aliphatic carbocycles. The minimum Gasteiger partial charge on any atom is -0.363 e. The molecule has 0 saturated carbocycles. The van der Waals surface area contributed by atoms with Crippen molar-refractivity contribution in [2.24, 2.45) is 4.99 Å². The summed E-state index contributed by atoms with van der Waals surface area (Å²) in [6, 6.07) is 21.3. The van der Waals surface area contributed by atoms with Crippen LogP contribution in [0.15, 0.2) is 65.7 Å². The van der Waals surface area contributed by atoms with Gasteiger partial charge >= 0.3 is 0 Å². The molecule has 1 aliphatic rings. The Balaban J connectivity index is 1.99. The number of piperidine rings is 1. The van der Waals surface area contributed by atoms with Crippen LogP contribution in [-0.2, 0) is 0 Å². The predicted octanol–water partition coefficient (Wildman–Crippen LogP) is 4.29. The van der Waals surface area contributed by atoms with Crippen molar-refractivity contribution in [2.75, 3.05) is 13.6 Å². The molecule has 2 heteroatoms. The van der Waals surface area contributed by atoms with Crippen molar-refractivity contribution in [1.29, 1.82) is 0 Å². The van der Waals surface area contributed by atoms with Crippen LogP contribution >= 0.6 is 0 Å². The summed E-state index contributed by atoms with van der Waals surface area (Å²) in [5, 5.41) is 0. The molecule has 2 aromatic rings. The lowest BCUT2D eigenvalue weighted by Crippen LogP contribution is -2.32. The van der Waals surface area contributed by atoms with E-state index in [1.165, 1.54) is 29.8 Å². The molecular formula is C19H22N2. The lowest BCUT2D eigenvalue weighted by Gasteiger charge is -2.28. The molecule has 0 aromatic heterocycles. The lowest BCUT2D eigenvalue weighted by atomic mass is 9.99. The Hall–Kier alpha value is -2.09. The molecule has 21 heavy (non-hydrogen) atoms. The molecular weight excluding hydrogens is 256 g/mol. The van der Waals surface area contributed by atoms with Crippen molar-refractivity contribution < 1.29 is 0 Å². The number of hydrogen-bond acceptors (Lipinski definition) is 1. The maximum Gasteiger partial charge on any atom is 0.102 e. The van der Waals surface area contributed by atoms with Crippen LogP contribution in [0.5, 0.6) is 0 Å². The van der Waals surface area contributed by atoms with Gasteiger partial charge in [0.25, 0.3) is 0 Å². The van der Waals surface area contributed by atoms with E-state index in [1.807, 2.05) is 0 Å². The molecule has 2 aromatic carbocycles. The van der Waals surface area contributed by atoms with Crippen molar-refractivity contribution in [3.63, 3.8) is 0 Å². The molecule has 0 radical (unpaired) electrons. The third-order valence-corrected chi connectivity index (χ3v) is 4.09. The van der Waals surface area contributed by atoms with Crippen molar-refractivity contribution in [2.45, 2.75) is 25.3 Å². The predicted molar refractivity (Wildman–Crippen MR) is 88.6 cm³/mol. The molecule has 0 spiro atoms. The number of hydrogen-bond donors (Lipinski definition) is 0. The van der Waals surface area contributed by atoms with Gasteiger partial charge < -0.3 is 4.90 Å². The van der Waals surface area contributed by atoms with Crippen LogP contribution in [0, 0.1) is 0 Å². The fourth-order valence-corrected chi connectivity index (χ4v) is 2.88. The van der Waals surface area contributed by atoms with Gasteiger partial charge in [0, 0.05) is 20.0 Å². The summed E-state index contributed by atoms with van der Waals surface area (Å²) in [7, 11) is 2.16. The zero-order valence-corrected chi connectivity index (χ0v) is 12.6. The first-order valence-corrected chi connectivity index (χ1v) is 7.72. The Morgan fingerprint density at radius 2 is 1.43 bits per heavy atom. The van der Waals surface area contributed by atoms with Crippen LogP contribution < -0.4 is 0 Å². The molecule has 108 valence electrons. The first-order chi connectivity index (χ1) is 10.3. The maximum atomic E-state index is 5.10. The van der Waals surface area contributed by atoms with Crippen LogP contribution in [-0.4, -0.2) is 24.3 Å². The van der Waals surface area contributed by atoms with Gasteiger partial charge in [-0.1, -0.05) is 60.7 Å². The van der Waals surface area contributed by atoms with E-state index in [4.69, 9.17) is 4.99 Å². The molecule has 3 rings (SSSR count). The molecule has 0 unspecified atom stereocenters. The first-order valence-electron chi connectivity index (χ1n) is 7.72. The number of amidine groups is 1. The molecule has 1 heterocycles. The van der Waals surface area contributed by atoms with E-state index < -0.39 is 0 Å². The van der Waals surface area contributed by atoms with Gasteiger partial charge in [-0.2, -0.15) is 0 Å². The average Bonchev–Trinajstić information content (AvgIpc) is 2.56. The highest BCUT2D eigenvalue weighted by Gasteiger charge is 2.17. The molecule has 0 amide bonds. The summed E-state index contributed by atoms with van der Waals surface area (Å²) in [5.41, 5.74) is 2.52. The highest BCUT2D eigenvalue weighted by atomic mass is 15.2. The topological polar surface area (TPSA) is 15.6 Å². The fraction of sp³-hybridized carbons (Fsp3) is 0.316. The van der Waals surface area contributed by atoms with Crippen LogP contribution in [0.2, 0.25) is 0 Å². The smallest absolute Gasteiger partial charge is 0.102 e.